The van der Waals surface area contributed by atoms with E-state index in [-0.39, 0.29) is 6.61 Å². The third kappa shape index (κ3) is 12.3. The van der Waals surface area contributed by atoms with E-state index in [1.165, 1.54) is 0 Å². The van der Waals surface area contributed by atoms with Crippen LogP contribution in [0.2, 0.25) is 0 Å². The Morgan fingerprint density at radius 3 is 2.31 bits per heavy atom. The van der Waals surface area contributed by atoms with Crippen molar-refractivity contribution >= 4 is 11.8 Å². The summed E-state index contributed by atoms with van der Waals surface area (Å²) in [5.74, 6) is 2.34. The van der Waals surface area contributed by atoms with Crippen LogP contribution in [0, 0.1) is 5.92 Å². The summed E-state index contributed by atoms with van der Waals surface area (Å²) in [4.78, 5) is 0. The van der Waals surface area contributed by atoms with Crippen molar-refractivity contribution in [2.24, 2.45) is 5.92 Å². The smallest absolute Gasteiger partial charge is 0.0701 e. The maximum Gasteiger partial charge on any atom is 0.0701 e. The van der Waals surface area contributed by atoms with Crippen molar-refractivity contribution in [3.8, 4) is 0 Å². The highest BCUT2D eigenvalue weighted by atomic mass is 32.2. The minimum Gasteiger partial charge on any atom is -0.396 e. The van der Waals surface area contributed by atoms with Crippen molar-refractivity contribution in [1.82, 2.24) is 0 Å². The standard InChI is InChI=1S/C11H24O4S/c1-11(9-12)10-16-8-7-15-6-5-14-4-3-13-2/h11-12H,3-10H2,1-2H3. The van der Waals surface area contributed by atoms with Gasteiger partial charge >= 0.3 is 0 Å². The second-order valence-corrected chi connectivity index (χ2v) is 4.73. The maximum absolute atomic E-state index is 8.81. The van der Waals surface area contributed by atoms with E-state index in [4.69, 9.17) is 19.3 Å². The largest absolute Gasteiger partial charge is 0.396 e. The number of methoxy groups -OCH3 is 1. The summed E-state index contributed by atoms with van der Waals surface area (Å²) < 4.78 is 15.5. The lowest BCUT2D eigenvalue weighted by Gasteiger charge is -2.07. The number of aliphatic hydroxyl groups excluding tert-OH is 1. The van der Waals surface area contributed by atoms with Gasteiger partial charge in [0.15, 0.2) is 0 Å². The second-order valence-electron chi connectivity index (χ2n) is 3.58. The number of hydrogen-bond acceptors (Lipinski definition) is 5. The van der Waals surface area contributed by atoms with E-state index in [1.807, 2.05) is 18.7 Å². The molecule has 4 nitrogen and oxygen atoms in total. The van der Waals surface area contributed by atoms with Gasteiger partial charge in [-0.25, -0.2) is 0 Å². The van der Waals surface area contributed by atoms with Crippen LogP contribution in [0.3, 0.4) is 0 Å². The van der Waals surface area contributed by atoms with Gasteiger partial charge in [0.2, 0.25) is 0 Å². The molecule has 16 heavy (non-hydrogen) atoms. The van der Waals surface area contributed by atoms with Gasteiger partial charge in [0.1, 0.15) is 0 Å². The molecule has 0 rings (SSSR count). The Morgan fingerprint density at radius 2 is 1.69 bits per heavy atom. The van der Waals surface area contributed by atoms with Gasteiger partial charge in [-0.05, 0) is 11.7 Å². The summed E-state index contributed by atoms with van der Waals surface area (Å²) in [7, 11) is 1.66. The van der Waals surface area contributed by atoms with Crippen LogP contribution in [0.25, 0.3) is 0 Å². The van der Waals surface area contributed by atoms with Crippen LogP contribution in [0.1, 0.15) is 6.92 Å². The number of aliphatic hydroxyl groups is 1. The van der Waals surface area contributed by atoms with E-state index < -0.39 is 0 Å². The summed E-state index contributed by atoms with van der Waals surface area (Å²) in [5.41, 5.74) is 0. The van der Waals surface area contributed by atoms with E-state index >= 15 is 0 Å². The van der Waals surface area contributed by atoms with Gasteiger partial charge in [0, 0.05) is 19.5 Å². The molecule has 0 aliphatic carbocycles. The van der Waals surface area contributed by atoms with Crippen molar-refractivity contribution in [2.75, 3.05) is 58.3 Å². The lowest BCUT2D eigenvalue weighted by Crippen LogP contribution is -2.10. The molecule has 0 spiro atoms. The Labute approximate surface area is 103 Å². The molecule has 0 amide bonds. The first kappa shape index (κ1) is 16.2. The van der Waals surface area contributed by atoms with E-state index in [2.05, 4.69) is 0 Å². The number of rotatable bonds is 12. The molecule has 0 radical (unpaired) electrons. The Morgan fingerprint density at radius 1 is 1.06 bits per heavy atom. The van der Waals surface area contributed by atoms with Gasteiger partial charge in [-0.1, -0.05) is 6.92 Å². The van der Waals surface area contributed by atoms with Gasteiger partial charge < -0.3 is 19.3 Å². The first-order valence-electron chi connectivity index (χ1n) is 5.64. The SMILES string of the molecule is COCCOCCOCCSCC(C)CO. The van der Waals surface area contributed by atoms with E-state index in [0.717, 1.165) is 18.1 Å². The minimum atomic E-state index is 0.265. The van der Waals surface area contributed by atoms with Gasteiger partial charge in [0.25, 0.3) is 0 Å². The number of ether oxygens (including phenoxy) is 3. The average molecular weight is 252 g/mol. The molecule has 0 saturated carbocycles. The molecule has 0 heterocycles. The fraction of sp³-hybridized carbons (Fsp3) is 1.00. The number of thioether (sulfide) groups is 1. The summed E-state index contributed by atoms with van der Waals surface area (Å²) >= 11 is 1.81. The molecule has 0 fully saturated rings. The molecule has 1 atom stereocenters. The molecule has 0 aliphatic rings. The molecule has 5 heteroatoms. The molecular formula is C11H24O4S. The molecule has 0 bridgehead atoms. The average Bonchev–Trinajstić information content (AvgIpc) is 2.31. The van der Waals surface area contributed by atoms with Crippen molar-refractivity contribution in [3.63, 3.8) is 0 Å². The molecular weight excluding hydrogens is 228 g/mol. The Kier molecular flexibility index (Phi) is 13.4. The Bertz CT molecular complexity index is 135. The summed E-state index contributed by atoms with van der Waals surface area (Å²) in [5, 5.41) is 8.81. The molecule has 1 unspecified atom stereocenters. The normalized spacial score (nSPS) is 12.9. The van der Waals surface area contributed by atoms with Crippen LogP contribution in [0.15, 0.2) is 0 Å². The van der Waals surface area contributed by atoms with Crippen molar-refractivity contribution in [2.45, 2.75) is 6.92 Å². The summed E-state index contributed by atoms with van der Waals surface area (Å²) in [6.45, 7) is 5.58. The third-order valence-electron chi connectivity index (χ3n) is 1.89. The fourth-order valence-electron chi connectivity index (χ4n) is 0.919. The zero-order valence-corrected chi connectivity index (χ0v) is 11.1. The van der Waals surface area contributed by atoms with E-state index in [1.54, 1.807) is 7.11 Å². The highest BCUT2D eigenvalue weighted by molar-refractivity contribution is 7.99. The molecule has 0 aliphatic heterocycles. The molecule has 0 aromatic heterocycles. The topological polar surface area (TPSA) is 47.9 Å². The highest BCUT2D eigenvalue weighted by Gasteiger charge is 1.99. The molecule has 0 aromatic carbocycles. The molecule has 0 saturated heterocycles. The van der Waals surface area contributed by atoms with Crippen molar-refractivity contribution in [3.05, 3.63) is 0 Å². The first-order valence-corrected chi connectivity index (χ1v) is 6.79. The predicted molar refractivity (Wildman–Crippen MR) is 67.1 cm³/mol. The lowest BCUT2D eigenvalue weighted by molar-refractivity contribution is 0.0286. The van der Waals surface area contributed by atoms with Gasteiger partial charge in [0.05, 0.1) is 33.0 Å². The third-order valence-corrected chi connectivity index (χ3v) is 3.15. The summed E-state index contributed by atoms with van der Waals surface area (Å²) in [6, 6.07) is 0. The van der Waals surface area contributed by atoms with E-state index in [9.17, 15) is 0 Å². The number of hydrogen-bond donors (Lipinski definition) is 1. The van der Waals surface area contributed by atoms with E-state index in [0.29, 0.717) is 32.3 Å². The fourth-order valence-corrected chi connectivity index (χ4v) is 1.83. The van der Waals surface area contributed by atoms with Crippen LogP contribution in [0.5, 0.6) is 0 Å². The van der Waals surface area contributed by atoms with Crippen molar-refractivity contribution in [1.29, 1.82) is 0 Å². The van der Waals surface area contributed by atoms with Crippen LogP contribution < -0.4 is 0 Å². The van der Waals surface area contributed by atoms with Crippen LogP contribution in [0.4, 0.5) is 0 Å². The summed E-state index contributed by atoms with van der Waals surface area (Å²) in [6.07, 6.45) is 0. The van der Waals surface area contributed by atoms with Gasteiger partial charge in [-0.15, -0.1) is 0 Å². The van der Waals surface area contributed by atoms with Crippen LogP contribution in [-0.4, -0.2) is 63.4 Å². The van der Waals surface area contributed by atoms with Crippen molar-refractivity contribution < 1.29 is 19.3 Å². The highest BCUT2D eigenvalue weighted by Crippen LogP contribution is 2.06. The molecule has 1 N–H and O–H groups in total. The molecule has 0 aromatic rings. The van der Waals surface area contributed by atoms with Crippen LogP contribution >= 0.6 is 11.8 Å². The monoisotopic (exact) mass is 252 g/mol. The minimum absolute atomic E-state index is 0.265. The quantitative estimate of drug-likeness (QED) is 0.526. The van der Waals surface area contributed by atoms with Gasteiger partial charge in [-0.2, -0.15) is 11.8 Å². The first-order chi connectivity index (χ1) is 7.81. The predicted octanol–water partition coefficient (Wildman–Crippen LogP) is 1.03. The Hall–Kier alpha value is 0.190. The Balaban J connectivity index is 2.93. The molecule has 98 valence electrons. The lowest BCUT2D eigenvalue weighted by atomic mass is 10.2. The second kappa shape index (κ2) is 13.3. The zero-order valence-electron chi connectivity index (χ0n) is 10.3. The van der Waals surface area contributed by atoms with Gasteiger partial charge in [-0.3, -0.25) is 0 Å². The zero-order chi connectivity index (χ0) is 12.1. The maximum atomic E-state index is 8.81. The van der Waals surface area contributed by atoms with Crippen LogP contribution in [-0.2, 0) is 14.2 Å².